The summed E-state index contributed by atoms with van der Waals surface area (Å²) in [6.07, 6.45) is 0. The van der Waals surface area contributed by atoms with Crippen LogP contribution in [0.3, 0.4) is 0 Å². The van der Waals surface area contributed by atoms with Crippen LogP contribution in [0.5, 0.6) is 5.75 Å². The molecule has 0 spiro atoms. The van der Waals surface area contributed by atoms with E-state index in [1.165, 1.54) is 0 Å². The van der Waals surface area contributed by atoms with Crippen molar-refractivity contribution in [3.8, 4) is 5.75 Å². The number of rotatable bonds is 2. The molecule has 0 bridgehead atoms. The summed E-state index contributed by atoms with van der Waals surface area (Å²) in [7, 11) is 3.34. The Kier molecular flexibility index (Phi) is 3.13. The molecule has 2 aromatic rings. The van der Waals surface area contributed by atoms with Crippen molar-refractivity contribution in [1.29, 1.82) is 0 Å². The highest BCUT2D eigenvalue weighted by atomic mass is 127. The minimum absolute atomic E-state index is 0.0145. The van der Waals surface area contributed by atoms with E-state index in [1.807, 2.05) is 0 Å². The molecule has 0 radical (unpaired) electrons. The number of nitrogens with zero attached hydrogens (tertiary/aromatic N) is 2. The van der Waals surface area contributed by atoms with E-state index in [1.54, 1.807) is 36.9 Å². The largest absolute Gasteiger partial charge is 0.497 e. The van der Waals surface area contributed by atoms with Crippen LogP contribution in [-0.4, -0.2) is 16.7 Å². The molecule has 0 aliphatic heterocycles. The lowest BCUT2D eigenvalue weighted by Crippen LogP contribution is -2.21. The zero-order chi connectivity index (χ0) is 11.7. The van der Waals surface area contributed by atoms with Gasteiger partial charge in [-0.3, -0.25) is 9.36 Å². The van der Waals surface area contributed by atoms with Gasteiger partial charge in [0.15, 0.2) is 0 Å². The average Bonchev–Trinajstić information content (AvgIpc) is 2.33. The Morgan fingerprint density at radius 2 is 2.25 bits per heavy atom. The maximum Gasteiger partial charge on any atom is 0.261 e. The van der Waals surface area contributed by atoms with Crippen LogP contribution in [0.15, 0.2) is 23.0 Å². The lowest BCUT2D eigenvalue weighted by atomic mass is 10.2. The van der Waals surface area contributed by atoms with Gasteiger partial charge in [-0.25, -0.2) is 4.98 Å². The third-order valence-corrected chi connectivity index (χ3v) is 3.18. The van der Waals surface area contributed by atoms with Gasteiger partial charge in [-0.15, -0.1) is 0 Å². The Morgan fingerprint density at radius 3 is 2.88 bits per heavy atom. The molecule has 0 aliphatic rings. The number of aromatic nitrogens is 2. The van der Waals surface area contributed by atoms with Gasteiger partial charge in [0.05, 0.1) is 22.4 Å². The Balaban J connectivity index is 2.82. The van der Waals surface area contributed by atoms with Crippen LogP contribution in [0.2, 0.25) is 0 Å². The zero-order valence-electron chi connectivity index (χ0n) is 9.03. The van der Waals surface area contributed by atoms with Crippen LogP contribution in [0.4, 0.5) is 0 Å². The molecule has 1 aromatic carbocycles. The predicted octanol–water partition coefficient (Wildman–Crippen LogP) is 1.88. The molecule has 0 saturated carbocycles. The highest BCUT2D eigenvalue weighted by Gasteiger charge is 2.07. The molecule has 1 aromatic heterocycles. The lowest BCUT2D eigenvalue weighted by molar-refractivity contribution is 0.415. The second-order valence-corrected chi connectivity index (χ2v) is 4.17. The number of ether oxygens (including phenoxy) is 1. The van der Waals surface area contributed by atoms with Gasteiger partial charge >= 0.3 is 0 Å². The van der Waals surface area contributed by atoms with Gasteiger partial charge in [-0.05, 0) is 12.1 Å². The molecule has 1 heterocycles. The van der Waals surface area contributed by atoms with Crippen LogP contribution in [-0.2, 0) is 11.5 Å². The fourth-order valence-electron chi connectivity index (χ4n) is 1.54. The first-order chi connectivity index (χ1) is 7.67. The fourth-order valence-corrected chi connectivity index (χ4v) is 2.23. The van der Waals surface area contributed by atoms with Crippen molar-refractivity contribution in [1.82, 2.24) is 9.55 Å². The highest BCUT2D eigenvalue weighted by Crippen LogP contribution is 2.17. The average molecular weight is 330 g/mol. The highest BCUT2D eigenvalue weighted by molar-refractivity contribution is 14.1. The fraction of sp³-hybridized carbons (Fsp3) is 0.273. The molecule has 0 amide bonds. The summed E-state index contributed by atoms with van der Waals surface area (Å²) in [6, 6.07) is 5.31. The molecule has 84 valence electrons. The predicted molar refractivity (Wildman–Crippen MR) is 71.3 cm³/mol. The van der Waals surface area contributed by atoms with Crippen LogP contribution in [0.25, 0.3) is 10.9 Å². The minimum Gasteiger partial charge on any atom is -0.497 e. The quantitative estimate of drug-likeness (QED) is 0.624. The smallest absolute Gasteiger partial charge is 0.261 e. The maximum atomic E-state index is 12.0. The van der Waals surface area contributed by atoms with Crippen molar-refractivity contribution in [2.75, 3.05) is 7.11 Å². The Morgan fingerprint density at radius 1 is 1.50 bits per heavy atom. The first-order valence-electron chi connectivity index (χ1n) is 4.77. The molecule has 0 unspecified atom stereocenters. The minimum atomic E-state index is -0.0145. The number of benzene rings is 1. The first-order valence-corrected chi connectivity index (χ1v) is 6.29. The normalized spacial score (nSPS) is 10.7. The molecular weight excluding hydrogens is 319 g/mol. The van der Waals surface area contributed by atoms with E-state index in [0.717, 1.165) is 5.82 Å². The number of methoxy groups -OCH3 is 1. The van der Waals surface area contributed by atoms with Gasteiger partial charge in [0.1, 0.15) is 11.6 Å². The second kappa shape index (κ2) is 4.40. The number of hydrogen-bond acceptors (Lipinski definition) is 3. The van der Waals surface area contributed by atoms with Crippen molar-refractivity contribution >= 4 is 33.5 Å². The number of halogens is 1. The van der Waals surface area contributed by atoms with Crippen LogP contribution >= 0.6 is 22.6 Å². The van der Waals surface area contributed by atoms with E-state index in [9.17, 15) is 4.79 Å². The van der Waals surface area contributed by atoms with Crippen molar-refractivity contribution in [2.24, 2.45) is 7.05 Å². The van der Waals surface area contributed by atoms with Gasteiger partial charge in [0, 0.05) is 13.1 Å². The molecule has 16 heavy (non-hydrogen) atoms. The van der Waals surface area contributed by atoms with Gasteiger partial charge < -0.3 is 4.74 Å². The van der Waals surface area contributed by atoms with Crippen molar-refractivity contribution in [2.45, 2.75) is 4.43 Å². The third kappa shape index (κ3) is 1.79. The molecule has 4 nitrogen and oxygen atoms in total. The summed E-state index contributed by atoms with van der Waals surface area (Å²) in [5, 5.41) is 0.622. The zero-order valence-corrected chi connectivity index (χ0v) is 11.2. The standard InChI is InChI=1S/C11H11IN2O2/c1-14-10(6-12)13-9-5-7(16-2)3-4-8(9)11(14)15/h3-5H,6H2,1-2H3. The molecule has 5 heteroatoms. The Labute approximate surface area is 106 Å². The van der Waals surface area contributed by atoms with Gasteiger partial charge in [-0.1, -0.05) is 22.6 Å². The van der Waals surface area contributed by atoms with Gasteiger partial charge in [0.2, 0.25) is 0 Å². The summed E-state index contributed by atoms with van der Waals surface area (Å²) in [6.45, 7) is 0. The molecule has 0 aliphatic carbocycles. The van der Waals surface area contributed by atoms with Crippen LogP contribution in [0.1, 0.15) is 5.82 Å². The summed E-state index contributed by atoms with van der Waals surface area (Å²) in [5.41, 5.74) is 0.674. The number of alkyl halides is 1. The van der Waals surface area contributed by atoms with E-state index in [2.05, 4.69) is 27.6 Å². The third-order valence-electron chi connectivity index (χ3n) is 2.50. The maximum absolute atomic E-state index is 12.0. The van der Waals surface area contributed by atoms with Crippen molar-refractivity contribution in [3.63, 3.8) is 0 Å². The van der Waals surface area contributed by atoms with E-state index < -0.39 is 0 Å². The second-order valence-electron chi connectivity index (χ2n) is 3.41. The van der Waals surface area contributed by atoms with E-state index in [-0.39, 0.29) is 5.56 Å². The van der Waals surface area contributed by atoms with Crippen molar-refractivity contribution in [3.05, 3.63) is 34.4 Å². The summed E-state index contributed by atoms with van der Waals surface area (Å²) in [4.78, 5) is 16.4. The molecule has 0 saturated heterocycles. The van der Waals surface area contributed by atoms with Crippen LogP contribution in [0, 0.1) is 0 Å². The lowest BCUT2D eigenvalue weighted by Gasteiger charge is -2.07. The number of fused-ring (bicyclic) bond motifs is 1. The monoisotopic (exact) mass is 330 g/mol. The van der Waals surface area contributed by atoms with Gasteiger partial charge in [0.25, 0.3) is 5.56 Å². The van der Waals surface area contributed by atoms with Gasteiger partial charge in [-0.2, -0.15) is 0 Å². The Bertz CT molecular complexity index is 592. The van der Waals surface area contributed by atoms with E-state index in [0.29, 0.717) is 21.1 Å². The first kappa shape index (κ1) is 11.4. The Hall–Kier alpha value is -1.11. The molecule has 0 fully saturated rings. The summed E-state index contributed by atoms with van der Waals surface area (Å²) in [5.74, 6) is 1.49. The van der Waals surface area contributed by atoms with E-state index in [4.69, 9.17) is 4.74 Å². The van der Waals surface area contributed by atoms with E-state index >= 15 is 0 Å². The molecule has 0 atom stereocenters. The molecular formula is C11H11IN2O2. The van der Waals surface area contributed by atoms with Crippen LogP contribution < -0.4 is 10.3 Å². The molecule has 0 N–H and O–H groups in total. The number of hydrogen-bond donors (Lipinski definition) is 0. The van der Waals surface area contributed by atoms with Crippen molar-refractivity contribution < 1.29 is 4.74 Å². The SMILES string of the molecule is COc1ccc2c(=O)n(C)c(CI)nc2c1. The molecule has 2 rings (SSSR count). The summed E-state index contributed by atoms with van der Waals surface area (Å²) < 4.78 is 7.40. The summed E-state index contributed by atoms with van der Waals surface area (Å²) >= 11 is 2.19. The topological polar surface area (TPSA) is 44.1 Å².